The summed E-state index contributed by atoms with van der Waals surface area (Å²) in [5.74, 6) is -3.74. The molecule has 1 amide bonds. The summed E-state index contributed by atoms with van der Waals surface area (Å²) in [4.78, 5) is 21.0. The van der Waals surface area contributed by atoms with Crippen molar-refractivity contribution in [3.63, 3.8) is 0 Å². The number of carbonyl (C=O) groups is 2. The van der Waals surface area contributed by atoms with E-state index in [4.69, 9.17) is 22.4 Å². The van der Waals surface area contributed by atoms with Crippen LogP contribution in [0.4, 0.5) is 4.39 Å². The summed E-state index contributed by atoms with van der Waals surface area (Å²) in [5.41, 5.74) is 4.19. The number of rotatable bonds is 5. The Morgan fingerprint density at radius 1 is 1.45 bits per heavy atom. The molecule has 1 atom stereocenters. The predicted octanol–water partition coefficient (Wildman–Crippen LogP) is 0.329. The molecule has 1 aromatic carbocycles. The molecule has 20 heavy (non-hydrogen) atoms. The normalized spacial score (nSPS) is 12.9. The van der Waals surface area contributed by atoms with Crippen LogP contribution >= 0.6 is 11.6 Å². The molecule has 0 aliphatic rings. The third-order valence-electron chi connectivity index (χ3n) is 2.30. The van der Waals surface area contributed by atoms with Gasteiger partial charge in [-0.1, -0.05) is 11.6 Å². The lowest BCUT2D eigenvalue weighted by Crippen LogP contribution is -2.42. The van der Waals surface area contributed by atoms with Crippen molar-refractivity contribution in [2.24, 2.45) is 5.73 Å². The highest BCUT2D eigenvalue weighted by atomic mass is 35.5. The molecule has 0 aliphatic carbocycles. The second-order valence-corrected chi connectivity index (χ2v) is 5.91. The number of nitrogens with one attached hydrogen (secondary N) is 1. The smallest absolute Gasteiger partial charge is 0.337 e. The van der Waals surface area contributed by atoms with Crippen LogP contribution in [0.5, 0.6) is 0 Å². The van der Waals surface area contributed by atoms with E-state index < -0.39 is 49.2 Å². The summed E-state index contributed by atoms with van der Waals surface area (Å²) in [6, 6.07) is -0.0127. The lowest BCUT2D eigenvalue weighted by Gasteiger charge is -2.12. The second kappa shape index (κ2) is 5.73. The molecule has 0 saturated heterocycles. The molecule has 0 heterocycles. The lowest BCUT2D eigenvalue weighted by molar-refractivity contribution is -0.119. The average Bonchev–Trinajstić information content (AvgIpc) is 2.31. The molecule has 0 fully saturated rings. The number of carboxylic acid groups (broad SMARTS) is 1. The third-order valence-corrected chi connectivity index (χ3v) is 4.21. The molecule has 110 valence electrons. The maximum Gasteiger partial charge on any atom is 0.337 e. The minimum Gasteiger partial charge on any atom is -0.478 e. The zero-order valence-corrected chi connectivity index (χ0v) is 11.6. The number of primary amides is 1. The van der Waals surface area contributed by atoms with Crippen LogP contribution in [0.25, 0.3) is 0 Å². The predicted molar refractivity (Wildman–Crippen MR) is 67.3 cm³/mol. The minimum absolute atomic E-state index is 0.546. The first kappa shape index (κ1) is 16.3. The van der Waals surface area contributed by atoms with Crippen LogP contribution in [-0.4, -0.2) is 31.4 Å². The van der Waals surface area contributed by atoms with Gasteiger partial charge < -0.3 is 10.8 Å². The maximum atomic E-state index is 13.4. The molecule has 1 rings (SSSR count). The molecule has 0 bridgehead atoms. The molecule has 10 heteroatoms. The van der Waals surface area contributed by atoms with Crippen molar-refractivity contribution in [2.75, 3.05) is 0 Å². The second-order valence-electron chi connectivity index (χ2n) is 3.82. The van der Waals surface area contributed by atoms with Crippen molar-refractivity contribution < 1.29 is 27.5 Å². The number of carbonyl (C=O) groups excluding carboxylic acids is 1. The molecule has 0 aromatic heterocycles. The van der Waals surface area contributed by atoms with Crippen molar-refractivity contribution in [1.29, 1.82) is 0 Å². The summed E-state index contributed by atoms with van der Waals surface area (Å²) in [6.07, 6.45) is 0. The Morgan fingerprint density at radius 2 is 2.00 bits per heavy atom. The molecular formula is C10H10ClFN2O5S. The molecular weight excluding hydrogens is 315 g/mol. The van der Waals surface area contributed by atoms with Gasteiger partial charge in [-0.2, -0.15) is 4.72 Å². The number of benzene rings is 1. The Labute approximate surface area is 118 Å². The van der Waals surface area contributed by atoms with E-state index in [1.807, 2.05) is 4.72 Å². The Bertz CT molecular complexity index is 676. The summed E-state index contributed by atoms with van der Waals surface area (Å²) in [5, 5.41) is 8.10. The quantitative estimate of drug-likeness (QED) is 0.719. The molecule has 0 saturated carbocycles. The van der Waals surface area contributed by atoms with Gasteiger partial charge in [0, 0.05) is 0 Å². The fourth-order valence-electron chi connectivity index (χ4n) is 1.23. The van der Waals surface area contributed by atoms with Gasteiger partial charge in [-0.15, -0.1) is 0 Å². The van der Waals surface area contributed by atoms with Crippen molar-refractivity contribution in [2.45, 2.75) is 17.9 Å². The molecule has 1 aromatic rings. The monoisotopic (exact) mass is 324 g/mol. The van der Waals surface area contributed by atoms with Gasteiger partial charge in [-0.3, -0.25) is 4.79 Å². The zero-order valence-electron chi connectivity index (χ0n) is 10.1. The zero-order chi connectivity index (χ0) is 15.7. The first-order chi connectivity index (χ1) is 9.06. The number of aromatic carboxylic acids is 1. The van der Waals surface area contributed by atoms with Gasteiger partial charge in [0.25, 0.3) is 0 Å². The molecule has 7 nitrogen and oxygen atoms in total. The van der Waals surface area contributed by atoms with Gasteiger partial charge in [-0.05, 0) is 19.1 Å². The summed E-state index contributed by atoms with van der Waals surface area (Å²) in [7, 11) is -4.31. The van der Waals surface area contributed by atoms with E-state index in [0.717, 1.165) is 0 Å². The number of carboxylic acids is 1. The van der Waals surface area contributed by atoms with Gasteiger partial charge in [-0.25, -0.2) is 17.6 Å². The Morgan fingerprint density at radius 3 is 2.45 bits per heavy atom. The van der Waals surface area contributed by atoms with Crippen molar-refractivity contribution in [3.8, 4) is 0 Å². The first-order valence-corrected chi connectivity index (χ1v) is 6.96. The Kier molecular flexibility index (Phi) is 4.69. The van der Waals surface area contributed by atoms with E-state index in [2.05, 4.69) is 0 Å². The highest BCUT2D eigenvalue weighted by Crippen LogP contribution is 2.24. The third kappa shape index (κ3) is 3.44. The highest BCUT2D eigenvalue weighted by molar-refractivity contribution is 7.89. The average molecular weight is 325 g/mol. The summed E-state index contributed by atoms with van der Waals surface area (Å²) < 4.78 is 39.1. The molecule has 0 radical (unpaired) electrons. The summed E-state index contributed by atoms with van der Waals surface area (Å²) in [6.45, 7) is 1.18. The molecule has 0 spiro atoms. The van der Waals surface area contributed by atoms with Gasteiger partial charge in [0.1, 0.15) is 5.82 Å². The van der Waals surface area contributed by atoms with Crippen LogP contribution in [0, 0.1) is 5.82 Å². The number of sulfonamides is 1. The molecule has 0 aliphatic heterocycles. The summed E-state index contributed by atoms with van der Waals surface area (Å²) >= 11 is 5.42. The van der Waals surface area contributed by atoms with E-state index in [0.29, 0.717) is 12.1 Å². The lowest BCUT2D eigenvalue weighted by atomic mass is 10.2. The topological polar surface area (TPSA) is 127 Å². The maximum absolute atomic E-state index is 13.4. The molecule has 4 N–H and O–H groups in total. The van der Waals surface area contributed by atoms with E-state index in [9.17, 15) is 22.4 Å². The van der Waals surface area contributed by atoms with Gasteiger partial charge in [0.15, 0.2) is 0 Å². The van der Waals surface area contributed by atoms with Crippen molar-refractivity contribution in [3.05, 3.63) is 28.5 Å². The largest absolute Gasteiger partial charge is 0.478 e. The Balaban J connectivity index is 3.33. The van der Waals surface area contributed by atoms with Crippen LogP contribution < -0.4 is 10.5 Å². The molecule has 1 unspecified atom stereocenters. The first-order valence-electron chi connectivity index (χ1n) is 5.10. The van der Waals surface area contributed by atoms with Crippen LogP contribution in [-0.2, 0) is 14.8 Å². The van der Waals surface area contributed by atoms with Crippen molar-refractivity contribution >= 4 is 33.5 Å². The standard InChI is InChI=1S/C10H10ClFN2O5S/c1-4(9(13)15)14-20(18,19)5-2-6(10(16)17)8(11)7(12)3-5/h2-4,14H,1H3,(H2,13,15)(H,16,17). The van der Waals surface area contributed by atoms with Crippen LogP contribution in [0.1, 0.15) is 17.3 Å². The van der Waals surface area contributed by atoms with Crippen LogP contribution in [0.2, 0.25) is 5.02 Å². The van der Waals surface area contributed by atoms with E-state index in [-0.39, 0.29) is 0 Å². The highest BCUT2D eigenvalue weighted by Gasteiger charge is 2.24. The number of hydrogen-bond acceptors (Lipinski definition) is 4. The van der Waals surface area contributed by atoms with Crippen molar-refractivity contribution in [1.82, 2.24) is 4.72 Å². The minimum atomic E-state index is -4.31. The Hall–Kier alpha value is -1.71. The number of amides is 1. The van der Waals surface area contributed by atoms with Gasteiger partial charge >= 0.3 is 5.97 Å². The van der Waals surface area contributed by atoms with Crippen LogP contribution in [0.15, 0.2) is 17.0 Å². The fraction of sp³-hybridized carbons (Fsp3) is 0.200. The number of hydrogen-bond donors (Lipinski definition) is 3. The van der Waals surface area contributed by atoms with Gasteiger partial charge in [0.05, 0.1) is 21.5 Å². The number of nitrogens with two attached hydrogens (primary N) is 1. The van der Waals surface area contributed by atoms with Gasteiger partial charge in [0.2, 0.25) is 15.9 Å². The number of halogens is 2. The van der Waals surface area contributed by atoms with E-state index >= 15 is 0 Å². The van der Waals surface area contributed by atoms with Crippen LogP contribution in [0.3, 0.4) is 0 Å². The van der Waals surface area contributed by atoms with E-state index in [1.54, 1.807) is 0 Å². The van der Waals surface area contributed by atoms with E-state index in [1.165, 1.54) is 6.92 Å². The fourth-order valence-corrected chi connectivity index (χ4v) is 2.67. The SMILES string of the molecule is CC(NS(=O)(=O)c1cc(F)c(Cl)c(C(=O)O)c1)C(N)=O.